The van der Waals surface area contributed by atoms with Gasteiger partial charge in [0.2, 0.25) is 0 Å². The number of carbonyl (C=O) groups excluding carboxylic acids is 1. The Bertz CT molecular complexity index is 674. The minimum absolute atomic E-state index is 0.222. The highest BCUT2D eigenvalue weighted by molar-refractivity contribution is 9.10. The standard InChI is InChI=1S/C17H16BrNO3/c1-19-16(21)22-15(12-7-9-14(18)10-8-12)17(19,11-20)13-5-3-2-4-6-13/h2-10,15,20H,11H2,1H3/t15-,17-/m1/s1. The fraction of sp³-hybridized carbons (Fsp3) is 0.235. The van der Waals surface area contributed by atoms with Crippen molar-refractivity contribution in [3.63, 3.8) is 0 Å². The Balaban J connectivity index is 2.15. The van der Waals surface area contributed by atoms with Crippen molar-refractivity contribution in [2.45, 2.75) is 11.6 Å². The first-order valence-electron chi connectivity index (χ1n) is 6.96. The van der Waals surface area contributed by atoms with E-state index in [1.807, 2.05) is 54.6 Å². The topological polar surface area (TPSA) is 49.8 Å². The lowest BCUT2D eigenvalue weighted by atomic mass is 9.81. The smallest absolute Gasteiger partial charge is 0.411 e. The van der Waals surface area contributed by atoms with E-state index in [2.05, 4.69) is 15.9 Å². The minimum atomic E-state index is -0.924. The van der Waals surface area contributed by atoms with Crippen molar-refractivity contribution >= 4 is 22.0 Å². The van der Waals surface area contributed by atoms with Gasteiger partial charge in [-0.05, 0) is 23.3 Å². The van der Waals surface area contributed by atoms with Gasteiger partial charge in [0, 0.05) is 11.5 Å². The summed E-state index contributed by atoms with van der Waals surface area (Å²) in [6.07, 6.45) is -1.00. The Morgan fingerprint density at radius 1 is 1.18 bits per heavy atom. The molecule has 0 aromatic heterocycles. The number of rotatable bonds is 3. The zero-order chi connectivity index (χ0) is 15.7. The van der Waals surface area contributed by atoms with Crippen molar-refractivity contribution in [1.29, 1.82) is 0 Å². The van der Waals surface area contributed by atoms with Gasteiger partial charge in [-0.25, -0.2) is 4.79 Å². The van der Waals surface area contributed by atoms with Crippen molar-refractivity contribution in [2.75, 3.05) is 13.7 Å². The number of benzene rings is 2. The molecule has 0 bridgehead atoms. The number of hydrogen-bond acceptors (Lipinski definition) is 3. The first kappa shape index (κ1) is 15.1. The highest BCUT2D eigenvalue weighted by Crippen LogP contribution is 2.47. The Labute approximate surface area is 137 Å². The SMILES string of the molecule is CN1C(=O)O[C@H](c2ccc(Br)cc2)[C@@]1(CO)c1ccccc1. The van der Waals surface area contributed by atoms with Gasteiger partial charge < -0.3 is 9.84 Å². The van der Waals surface area contributed by atoms with Gasteiger partial charge in [-0.3, -0.25) is 4.90 Å². The quantitative estimate of drug-likeness (QED) is 0.910. The molecule has 114 valence electrons. The number of ether oxygens (including phenoxy) is 1. The number of carbonyl (C=O) groups is 1. The highest BCUT2D eigenvalue weighted by atomic mass is 79.9. The van der Waals surface area contributed by atoms with E-state index in [1.165, 1.54) is 4.90 Å². The van der Waals surface area contributed by atoms with E-state index in [0.717, 1.165) is 15.6 Å². The van der Waals surface area contributed by atoms with Crippen molar-refractivity contribution in [1.82, 2.24) is 4.90 Å². The molecule has 1 saturated heterocycles. The molecule has 1 N–H and O–H groups in total. The second-order valence-corrected chi connectivity index (χ2v) is 6.24. The molecule has 0 radical (unpaired) electrons. The fourth-order valence-corrected chi connectivity index (χ4v) is 3.21. The first-order chi connectivity index (χ1) is 10.6. The van der Waals surface area contributed by atoms with E-state index in [-0.39, 0.29) is 6.61 Å². The molecule has 0 aliphatic carbocycles. The van der Waals surface area contributed by atoms with Crippen LogP contribution in [-0.2, 0) is 10.3 Å². The third kappa shape index (κ3) is 2.21. The van der Waals surface area contributed by atoms with Crippen LogP contribution in [0.15, 0.2) is 59.1 Å². The highest BCUT2D eigenvalue weighted by Gasteiger charge is 2.54. The molecule has 1 aliphatic rings. The first-order valence-corrected chi connectivity index (χ1v) is 7.75. The summed E-state index contributed by atoms with van der Waals surface area (Å²) in [7, 11) is 1.66. The minimum Gasteiger partial charge on any atom is -0.438 e. The van der Waals surface area contributed by atoms with Crippen LogP contribution in [0.1, 0.15) is 17.2 Å². The van der Waals surface area contributed by atoms with E-state index in [0.29, 0.717) is 0 Å². The second-order valence-electron chi connectivity index (χ2n) is 5.32. The molecule has 1 amide bonds. The zero-order valence-corrected chi connectivity index (χ0v) is 13.7. The van der Waals surface area contributed by atoms with Gasteiger partial charge in [0.25, 0.3) is 0 Å². The predicted molar refractivity (Wildman–Crippen MR) is 86.3 cm³/mol. The van der Waals surface area contributed by atoms with Crippen molar-refractivity contribution < 1.29 is 14.6 Å². The number of aliphatic hydroxyl groups excluding tert-OH is 1. The zero-order valence-electron chi connectivity index (χ0n) is 12.1. The molecule has 5 heteroatoms. The summed E-state index contributed by atoms with van der Waals surface area (Å²) >= 11 is 3.40. The lowest BCUT2D eigenvalue weighted by Gasteiger charge is -2.36. The van der Waals surface area contributed by atoms with Crippen LogP contribution in [0.4, 0.5) is 4.79 Å². The molecule has 4 nitrogen and oxygen atoms in total. The summed E-state index contributed by atoms with van der Waals surface area (Å²) in [5.41, 5.74) is 0.768. The van der Waals surface area contributed by atoms with Crippen LogP contribution in [0.2, 0.25) is 0 Å². The predicted octanol–water partition coefficient (Wildman–Crippen LogP) is 3.46. The summed E-state index contributed by atoms with van der Waals surface area (Å²) in [6, 6.07) is 17.1. The maximum atomic E-state index is 12.2. The average Bonchev–Trinajstić information content (AvgIpc) is 2.81. The van der Waals surface area contributed by atoms with Crippen LogP contribution in [0, 0.1) is 0 Å². The Kier molecular flexibility index (Phi) is 3.93. The molecule has 3 rings (SSSR count). The summed E-state index contributed by atoms with van der Waals surface area (Å²) in [5.74, 6) is 0. The van der Waals surface area contributed by atoms with Crippen molar-refractivity contribution in [2.24, 2.45) is 0 Å². The summed E-state index contributed by atoms with van der Waals surface area (Å²) < 4.78 is 6.52. The fourth-order valence-electron chi connectivity index (χ4n) is 2.95. The number of nitrogens with zero attached hydrogens (tertiary/aromatic N) is 1. The lowest BCUT2D eigenvalue weighted by Crippen LogP contribution is -2.46. The summed E-state index contributed by atoms with van der Waals surface area (Å²) in [4.78, 5) is 13.6. The molecule has 0 unspecified atom stereocenters. The van der Waals surface area contributed by atoms with E-state index in [1.54, 1.807) is 7.05 Å². The van der Waals surface area contributed by atoms with Crippen LogP contribution in [0.5, 0.6) is 0 Å². The molecule has 0 spiro atoms. The van der Waals surface area contributed by atoms with E-state index in [4.69, 9.17) is 4.74 Å². The third-order valence-electron chi connectivity index (χ3n) is 4.21. The van der Waals surface area contributed by atoms with Gasteiger partial charge in [0.1, 0.15) is 5.54 Å². The van der Waals surface area contributed by atoms with Crippen molar-refractivity contribution in [3.05, 3.63) is 70.2 Å². The maximum absolute atomic E-state index is 12.2. The van der Waals surface area contributed by atoms with Gasteiger partial charge >= 0.3 is 6.09 Å². The molecule has 2 atom stereocenters. The normalized spacial score (nSPS) is 24.4. The molecule has 2 aromatic rings. The number of likely N-dealkylation sites (N-methyl/N-ethyl adjacent to an activating group) is 1. The van der Waals surface area contributed by atoms with Gasteiger partial charge in [-0.2, -0.15) is 0 Å². The van der Waals surface area contributed by atoms with Crippen molar-refractivity contribution in [3.8, 4) is 0 Å². The maximum Gasteiger partial charge on any atom is 0.411 e. The Morgan fingerprint density at radius 3 is 2.41 bits per heavy atom. The van der Waals surface area contributed by atoms with Crippen LogP contribution < -0.4 is 0 Å². The monoisotopic (exact) mass is 361 g/mol. The summed E-state index contributed by atoms with van der Waals surface area (Å²) in [6.45, 7) is -0.222. The molecule has 22 heavy (non-hydrogen) atoms. The molecule has 1 aliphatic heterocycles. The number of hydrogen-bond donors (Lipinski definition) is 1. The number of aliphatic hydroxyl groups is 1. The average molecular weight is 362 g/mol. The van der Waals surface area contributed by atoms with E-state index in [9.17, 15) is 9.90 Å². The van der Waals surface area contributed by atoms with E-state index < -0.39 is 17.7 Å². The Hall–Kier alpha value is -1.85. The largest absolute Gasteiger partial charge is 0.438 e. The number of halogens is 1. The van der Waals surface area contributed by atoms with Crippen LogP contribution in [-0.4, -0.2) is 29.8 Å². The number of amides is 1. The molecule has 1 fully saturated rings. The van der Waals surface area contributed by atoms with E-state index >= 15 is 0 Å². The molecule has 1 heterocycles. The lowest BCUT2D eigenvalue weighted by molar-refractivity contribution is 0.0438. The van der Waals surface area contributed by atoms with Gasteiger partial charge in [-0.1, -0.05) is 58.4 Å². The van der Waals surface area contributed by atoms with Gasteiger partial charge in [0.15, 0.2) is 6.10 Å². The van der Waals surface area contributed by atoms with Gasteiger partial charge in [-0.15, -0.1) is 0 Å². The third-order valence-corrected chi connectivity index (χ3v) is 4.74. The van der Waals surface area contributed by atoms with Crippen LogP contribution in [0.3, 0.4) is 0 Å². The summed E-state index contributed by atoms with van der Waals surface area (Å²) in [5, 5.41) is 10.2. The van der Waals surface area contributed by atoms with Crippen LogP contribution >= 0.6 is 15.9 Å². The van der Waals surface area contributed by atoms with Crippen LogP contribution in [0.25, 0.3) is 0 Å². The Morgan fingerprint density at radius 2 is 1.82 bits per heavy atom. The molecular weight excluding hydrogens is 346 g/mol. The molecule has 2 aromatic carbocycles. The second kappa shape index (κ2) is 5.74. The molecule has 0 saturated carbocycles. The number of cyclic esters (lactones) is 1. The van der Waals surface area contributed by atoms with Gasteiger partial charge in [0.05, 0.1) is 6.61 Å². The molecular formula is C17H16BrNO3.